The molecule has 27 heavy (non-hydrogen) atoms. The molecule has 3 amide bonds. The second-order valence-corrected chi connectivity index (χ2v) is 7.48. The Labute approximate surface area is 164 Å². The van der Waals surface area contributed by atoms with E-state index < -0.39 is 58.8 Å². The van der Waals surface area contributed by atoms with E-state index in [0.29, 0.717) is 0 Å². The fraction of sp³-hybridized carbons (Fsp3) is 0.538. The zero-order valence-electron chi connectivity index (χ0n) is 13.6. The van der Waals surface area contributed by atoms with Gasteiger partial charge in [0, 0.05) is 12.3 Å². The third-order valence-electron chi connectivity index (χ3n) is 4.08. The molecule has 2 unspecified atom stereocenters. The number of Topliss-reactive ketones (excluding diaryl/α,β-unsaturated/α-hetero) is 1. The number of ketones is 1. The number of nitrogens with one attached hydrogen (secondary N) is 1. The zero-order valence-corrected chi connectivity index (χ0v) is 16.0. The lowest BCUT2D eigenvalue weighted by atomic mass is 9.88. The Morgan fingerprint density at radius 3 is 2.63 bits per heavy atom. The highest BCUT2D eigenvalue weighted by Gasteiger charge is 2.58. The Kier molecular flexibility index (Phi) is 6.30. The second kappa shape index (κ2) is 8.12. The number of aliphatic carboxylic acids is 1. The number of nitrogens with two attached hydrogens (primary N) is 1. The average Bonchev–Trinajstić information content (AvgIpc) is 2.64. The number of β-lactam (4-membered cyclic amide) rings is 1. The number of hydrogen-bond donors (Lipinski definition) is 4. The standard InChI is InChI=1S/C13H15BrN4O8S/c14-1-5(19)6(17-25)8(20)16-7-9(21)18-2-13(11(22)23,3-26-12(15)24)4-27-10(7)18/h7,10,25H,1-4H2,(H2,15,24)(H,16,20)(H,22,23)/t7?,10-,13?/m1/s1. The molecule has 0 spiro atoms. The van der Waals surface area contributed by atoms with Crippen LogP contribution in [0.15, 0.2) is 5.16 Å². The molecule has 0 aromatic carbocycles. The van der Waals surface area contributed by atoms with Crippen molar-refractivity contribution in [1.82, 2.24) is 10.2 Å². The Morgan fingerprint density at radius 2 is 2.11 bits per heavy atom. The van der Waals surface area contributed by atoms with Gasteiger partial charge < -0.3 is 31.0 Å². The molecule has 12 nitrogen and oxygen atoms in total. The van der Waals surface area contributed by atoms with Gasteiger partial charge in [0.05, 0.1) is 5.33 Å². The number of hydrogen-bond acceptors (Lipinski definition) is 9. The molecule has 3 atom stereocenters. The van der Waals surface area contributed by atoms with Crippen molar-refractivity contribution in [3.8, 4) is 0 Å². The maximum absolute atomic E-state index is 12.3. The van der Waals surface area contributed by atoms with E-state index in [1.54, 1.807) is 0 Å². The molecule has 0 radical (unpaired) electrons. The number of primary amides is 1. The largest absolute Gasteiger partial charge is 0.481 e. The van der Waals surface area contributed by atoms with Crippen molar-refractivity contribution >= 4 is 63.1 Å². The molecule has 0 aliphatic carbocycles. The fourth-order valence-corrected chi connectivity index (χ4v) is 4.40. The van der Waals surface area contributed by atoms with Crippen molar-refractivity contribution in [2.45, 2.75) is 11.4 Å². The van der Waals surface area contributed by atoms with E-state index in [0.717, 1.165) is 11.8 Å². The van der Waals surface area contributed by atoms with Crippen molar-refractivity contribution in [2.75, 3.05) is 24.2 Å². The van der Waals surface area contributed by atoms with Crippen molar-refractivity contribution in [2.24, 2.45) is 16.3 Å². The van der Waals surface area contributed by atoms with E-state index >= 15 is 0 Å². The minimum absolute atomic E-state index is 0.00227. The van der Waals surface area contributed by atoms with Gasteiger partial charge in [-0.05, 0) is 0 Å². The van der Waals surface area contributed by atoms with Gasteiger partial charge in [0.25, 0.3) is 5.91 Å². The maximum atomic E-state index is 12.3. The van der Waals surface area contributed by atoms with Crippen LogP contribution in [0.25, 0.3) is 0 Å². The number of alkyl halides is 1. The van der Waals surface area contributed by atoms with Gasteiger partial charge in [0.2, 0.25) is 17.4 Å². The summed E-state index contributed by atoms with van der Waals surface area (Å²) >= 11 is 3.91. The van der Waals surface area contributed by atoms with Crippen LogP contribution < -0.4 is 11.1 Å². The molecule has 0 aromatic rings. The molecule has 2 heterocycles. The molecule has 148 valence electrons. The lowest BCUT2D eigenvalue weighted by Gasteiger charge is -2.53. The van der Waals surface area contributed by atoms with Crippen LogP contribution >= 0.6 is 27.7 Å². The normalized spacial score (nSPS) is 27.2. The van der Waals surface area contributed by atoms with E-state index in [1.807, 2.05) is 0 Å². The summed E-state index contributed by atoms with van der Waals surface area (Å²) in [5.41, 5.74) is 2.60. The first-order valence-corrected chi connectivity index (χ1v) is 9.53. The lowest BCUT2D eigenvalue weighted by molar-refractivity contribution is -0.160. The van der Waals surface area contributed by atoms with E-state index in [2.05, 4.69) is 31.1 Å². The highest BCUT2D eigenvalue weighted by molar-refractivity contribution is 9.09. The number of oxime groups is 1. The number of carboxylic acids is 1. The third-order valence-corrected chi connectivity index (χ3v) is 6.17. The predicted molar refractivity (Wildman–Crippen MR) is 93.5 cm³/mol. The summed E-state index contributed by atoms with van der Waals surface area (Å²) in [7, 11) is 0. The van der Waals surface area contributed by atoms with Gasteiger partial charge in [0.1, 0.15) is 23.4 Å². The summed E-state index contributed by atoms with van der Waals surface area (Å²) in [5, 5.41) is 22.4. The number of carbonyl (C=O) groups excluding carboxylic acids is 4. The number of rotatable bonds is 7. The topological polar surface area (TPSA) is 189 Å². The fourth-order valence-electron chi connectivity index (χ4n) is 2.62. The van der Waals surface area contributed by atoms with Crippen molar-refractivity contribution in [3.63, 3.8) is 0 Å². The zero-order chi connectivity index (χ0) is 20.4. The van der Waals surface area contributed by atoms with E-state index in [4.69, 9.17) is 10.9 Å². The molecule has 0 saturated carbocycles. The molecule has 2 fully saturated rings. The number of halogens is 1. The van der Waals surface area contributed by atoms with Gasteiger partial charge in [-0.3, -0.25) is 19.2 Å². The van der Waals surface area contributed by atoms with Gasteiger partial charge in [-0.15, -0.1) is 11.8 Å². The quantitative estimate of drug-likeness (QED) is 0.0849. The summed E-state index contributed by atoms with van der Waals surface area (Å²) in [6.45, 7) is -0.737. The Morgan fingerprint density at radius 1 is 1.44 bits per heavy atom. The number of fused-ring (bicyclic) bond motifs is 1. The Hall–Kier alpha value is -2.35. The van der Waals surface area contributed by atoms with Crippen LogP contribution in [0.2, 0.25) is 0 Å². The van der Waals surface area contributed by atoms with Crippen molar-refractivity contribution in [3.05, 3.63) is 0 Å². The SMILES string of the molecule is NC(=O)OCC1(C(=O)O)CS[C@@H]2C(NC(=O)C(=NO)C(=O)CBr)C(=O)N2C1. The van der Waals surface area contributed by atoms with Crippen LogP contribution in [0, 0.1) is 5.41 Å². The number of thioether (sulfide) groups is 1. The van der Waals surface area contributed by atoms with Crippen LogP contribution in [0.1, 0.15) is 0 Å². The van der Waals surface area contributed by atoms with Gasteiger partial charge >= 0.3 is 12.1 Å². The molecule has 5 N–H and O–H groups in total. The minimum Gasteiger partial charge on any atom is -0.481 e. The summed E-state index contributed by atoms with van der Waals surface area (Å²) in [5.74, 6) is -3.63. The summed E-state index contributed by atoms with van der Waals surface area (Å²) in [6.07, 6.45) is -1.13. The first kappa shape index (κ1) is 21.0. The van der Waals surface area contributed by atoms with Gasteiger partial charge in [-0.1, -0.05) is 21.1 Å². The number of carboxylic acid groups (broad SMARTS) is 1. The maximum Gasteiger partial charge on any atom is 0.404 e. The van der Waals surface area contributed by atoms with Gasteiger partial charge in [-0.25, -0.2) is 4.79 Å². The first-order valence-electron chi connectivity index (χ1n) is 7.36. The number of ether oxygens (including phenoxy) is 1. The second-order valence-electron chi connectivity index (χ2n) is 5.82. The smallest absolute Gasteiger partial charge is 0.404 e. The summed E-state index contributed by atoms with van der Waals surface area (Å²) < 4.78 is 4.62. The van der Waals surface area contributed by atoms with E-state index in [9.17, 15) is 29.1 Å². The highest BCUT2D eigenvalue weighted by Crippen LogP contribution is 2.42. The van der Waals surface area contributed by atoms with Crippen LogP contribution in [-0.2, 0) is 23.9 Å². The molecule has 0 aromatic heterocycles. The summed E-state index contributed by atoms with van der Waals surface area (Å²) in [4.78, 5) is 59.5. The van der Waals surface area contributed by atoms with E-state index in [1.165, 1.54) is 4.90 Å². The van der Waals surface area contributed by atoms with Crippen molar-refractivity contribution < 1.29 is 39.0 Å². The highest BCUT2D eigenvalue weighted by atomic mass is 79.9. The Bertz CT molecular complexity index is 731. The Balaban J connectivity index is 2.06. The average molecular weight is 467 g/mol. The predicted octanol–water partition coefficient (Wildman–Crippen LogP) is -1.65. The number of nitrogens with zero attached hydrogens (tertiary/aromatic N) is 2. The molecule has 0 bridgehead atoms. The molecule has 14 heteroatoms. The number of amides is 3. The minimum atomic E-state index is -1.52. The molecule has 2 saturated heterocycles. The third kappa shape index (κ3) is 4.00. The van der Waals surface area contributed by atoms with Crippen LogP contribution in [-0.4, -0.2) is 86.2 Å². The molecule has 2 aliphatic rings. The lowest BCUT2D eigenvalue weighted by Crippen LogP contribution is -2.74. The number of carbonyl (C=O) groups is 5. The van der Waals surface area contributed by atoms with Gasteiger partial charge in [0.15, 0.2) is 0 Å². The molecule has 2 aliphatic heterocycles. The van der Waals surface area contributed by atoms with Crippen LogP contribution in [0.4, 0.5) is 4.79 Å². The van der Waals surface area contributed by atoms with Crippen LogP contribution in [0.3, 0.4) is 0 Å². The first-order chi connectivity index (χ1) is 12.7. The molecule has 2 rings (SSSR count). The van der Waals surface area contributed by atoms with Crippen LogP contribution in [0.5, 0.6) is 0 Å². The van der Waals surface area contributed by atoms with E-state index in [-0.39, 0.29) is 17.6 Å². The molecular formula is C13H15BrN4O8S. The molecular weight excluding hydrogens is 452 g/mol. The summed E-state index contributed by atoms with van der Waals surface area (Å²) in [6, 6.07) is -1.01. The van der Waals surface area contributed by atoms with Crippen molar-refractivity contribution in [1.29, 1.82) is 0 Å². The monoisotopic (exact) mass is 466 g/mol. The van der Waals surface area contributed by atoms with Gasteiger partial charge in [-0.2, -0.15) is 0 Å².